The van der Waals surface area contributed by atoms with Crippen LogP contribution in [-0.4, -0.2) is 9.97 Å². The molecule has 0 aliphatic heterocycles. The summed E-state index contributed by atoms with van der Waals surface area (Å²) in [4.78, 5) is 8.16. The van der Waals surface area contributed by atoms with Crippen LogP contribution >= 0.6 is 0 Å². The van der Waals surface area contributed by atoms with Crippen molar-refractivity contribution in [1.29, 1.82) is 5.26 Å². The fourth-order valence-electron chi connectivity index (χ4n) is 0.929. The van der Waals surface area contributed by atoms with Crippen LogP contribution in [-0.2, 0) is 0 Å². The van der Waals surface area contributed by atoms with E-state index < -0.39 is 0 Å². The maximum Gasteiger partial charge on any atom is 0.126 e. The van der Waals surface area contributed by atoms with Crippen molar-refractivity contribution in [2.24, 2.45) is 0 Å². The van der Waals surface area contributed by atoms with E-state index in [4.69, 9.17) is 5.26 Å². The largest absolute Gasteiger partial charge is 0.239 e. The van der Waals surface area contributed by atoms with Crippen LogP contribution in [0.1, 0.15) is 17.2 Å². The predicted octanol–water partition coefficient (Wildman–Crippen LogP) is 1.63. The Balaban J connectivity index is 3.19. The van der Waals surface area contributed by atoms with Gasteiger partial charge in [0.2, 0.25) is 0 Å². The van der Waals surface area contributed by atoms with E-state index in [-0.39, 0.29) is 0 Å². The molecule has 0 aliphatic carbocycles. The Morgan fingerprint density at radius 1 is 1.50 bits per heavy atom. The fraction of sp³-hybridized carbons (Fsp3) is 0.222. The van der Waals surface area contributed by atoms with Gasteiger partial charge in [-0.2, -0.15) is 5.26 Å². The second kappa shape index (κ2) is 3.14. The van der Waals surface area contributed by atoms with Gasteiger partial charge in [-0.25, -0.2) is 9.97 Å². The van der Waals surface area contributed by atoms with Gasteiger partial charge >= 0.3 is 0 Å². The molecule has 0 amide bonds. The quantitative estimate of drug-likeness (QED) is 0.585. The van der Waals surface area contributed by atoms with Gasteiger partial charge in [-0.3, -0.25) is 0 Å². The van der Waals surface area contributed by atoms with Gasteiger partial charge in [-0.05, 0) is 19.9 Å². The molecular formula is C9H9N3. The minimum absolute atomic E-state index is 0.378. The van der Waals surface area contributed by atoms with Crippen LogP contribution in [0.3, 0.4) is 0 Å². The van der Waals surface area contributed by atoms with Crippen molar-refractivity contribution < 1.29 is 0 Å². The molecule has 1 rings (SSSR count). The summed E-state index contributed by atoms with van der Waals surface area (Å²) in [6, 6.07) is 3.70. The van der Waals surface area contributed by atoms with Crippen LogP contribution in [0.25, 0.3) is 5.57 Å². The minimum atomic E-state index is 0.378. The summed E-state index contributed by atoms with van der Waals surface area (Å²) in [5.74, 6) is 0.668. The van der Waals surface area contributed by atoms with E-state index >= 15 is 0 Å². The zero-order valence-corrected chi connectivity index (χ0v) is 7.13. The smallest absolute Gasteiger partial charge is 0.126 e. The standard InChI is InChI=1S/C9H9N3/c1-6(5-10)9-4-7(2)11-8(3)12-9/h4H,1H2,2-3H3. The summed E-state index contributed by atoms with van der Waals surface area (Å²) in [6.45, 7) is 7.23. The Bertz CT molecular complexity index is 340. The molecule has 3 heteroatoms. The molecule has 12 heavy (non-hydrogen) atoms. The van der Waals surface area contributed by atoms with Crippen molar-refractivity contribution in [3.8, 4) is 6.07 Å². The van der Waals surface area contributed by atoms with Crippen LogP contribution in [0.2, 0.25) is 0 Å². The molecule has 1 aromatic heterocycles. The third kappa shape index (κ3) is 1.67. The molecule has 0 aromatic carbocycles. The highest BCUT2D eigenvalue weighted by Crippen LogP contribution is 2.08. The molecule has 0 saturated carbocycles. The van der Waals surface area contributed by atoms with Crippen molar-refractivity contribution in [1.82, 2.24) is 9.97 Å². The molecule has 0 spiro atoms. The topological polar surface area (TPSA) is 49.6 Å². The van der Waals surface area contributed by atoms with E-state index in [1.54, 1.807) is 13.0 Å². The maximum atomic E-state index is 8.56. The summed E-state index contributed by atoms with van der Waals surface area (Å²) < 4.78 is 0. The summed E-state index contributed by atoms with van der Waals surface area (Å²) in [7, 11) is 0. The molecule has 1 aromatic rings. The normalized spacial score (nSPS) is 9.08. The van der Waals surface area contributed by atoms with Gasteiger partial charge in [0.25, 0.3) is 0 Å². The number of hydrogen-bond donors (Lipinski definition) is 0. The molecule has 0 radical (unpaired) electrons. The van der Waals surface area contributed by atoms with Crippen LogP contribution in [0.5, 0.6) is 0 Å². The molecule has 0 unspecified atom stereocenters. The number of aryl methyl sites for hydroxylation is 2. The number of hydrogen-bond acceptors (Lipinski definition) is 3. The molecule has 0 bridgehead atoms. The van der Waals surface area contributed by atoms with Crippen LogP contribution < -0.4 is 0 Å². The van der Waals surface area contributed by atoms with Crippen LogP contribution in [0.15, 0.2) is 12.6 Å². The van der Waals surface area contributed by atoms with E-state index in [0.29, 0.717) is 17.1 Å². The molecule has 0 atom stereocenters. The monoisotopic (exact) mass is 159 g/mol. The highest BCUT2D eigenvalue weighted by molar-refractivity contribution is 5.72. The Morgan fingerprint density at radius 2 is 2.17 bits per heavy atom. The highest BCUT2D eigenvalue weighted by Gasteiger charge is 2.01. The number of nitriles is 1. The second-order valence-electron chi connectivity index (χ2n) is 2.53. The number of rotatable bonds is 1. The van der Waals surface area contributed by atoms with Gasteiger partial charge in [-0.1, -0.05) is 6.58 Å². The Kier molecular flexibility index (Phi) is 2.20. The van der Waals surface area contributed by atoms with Gasteiger partial charge in [0.1, 0.15) is 11.9 Å². The lowest BCUT2D eigenvalue weighted by Crippen LogP contribution is -1.95. The Labute approximate surface area is 71.4 Å². The van der Waals surface area contributed by atoms with Gasteiger partial charge in [0.05, 0.1) is 11.3 Å². The predicted molar refractivity (Wildman–Crippen MR) is 46.2 cm³/mol. The first kappa shape index (κ1) is 8.41. The molecule has 60 valence electrons. The Hall–Kier alpha value is -1.69. The third-order valence-electron chi connectivity index (χ3n) is 1.41. The molecule has 3 nitrogen and oxygen atoms in total. The second-order valence-corrected chi connectivity index (χ2v) is 2.53. The average Bonchev–Trinajstić information content (AvgIpc) is 2.01. The lowest BCUT2D eigenvalue weighted by Gasteiger charge is -1.99. The summed E-state index contributed by atoms with van der Waals surface area (Å²) in [6.07, 6.45) is 0. The van der Waals surface area contributed by atoms with Gasteiger partial charge in [0, 0.05) is 5.69 Å². The number of nitrogens with zero attached hydrogens (tertiary/aromatic N) is 3. The molecular weight excluding hydrogens is 150 g/mol. The van der Waals surface area contributed by atoms with Crippen molar-refractivity contribution in [3.05, 3.63) is 29.9 Å². The SMILES string of the molecule is C=C(C#N)c1cc(C)nc(C)n1. The van der Waals surface area contributed by atoms with Crippen molar-refractivity contribution in [3.63, 3.8) is 0 Å². The molecule has 1 heterocycles. The zero-order chi connectivity index (χ0) is 9.14. The molecule has 0 aliphatic rings. The summed E-state index contributed by atoms with van der Waals surface area (Å²) in [5, 5.41) is 8.56. The fourth-order valence-corrected chi connectivity index (χ4v) is 0.929. The highest BCUT2D eigenvalue weighted by atomic mass is 14.9. The zero-order valence-electron chi connectivity index (χ0n) is 7.13. The van der Waals surface area contributed by atoms with E-state index in [2.05, 4.69) is 16.5 Å². The number of allylic oxidation sites excluding steroid dienone is 1. The van der Waals surface area contributed by atoms with Gasteiger partial charge < -0.3 is 0 Å². The number of aromatic nitrogens is 2. The van der Waals surface area contributed by atoms with E-state index in [9.17, 15) is 0 Å². The first-order valence-corrected chi connectivity index (χ1v) is 3.55. The first-order valence-electron chi connectivity index (χ1n) is 3.55. The average molecular weight is 159 g/mol. The lowest BCUT2D eigenvalue weighted by molar-refractivity contribution is 0.999. The van der Waals surface area contributed by atoms with Crippen LogP contribution in [0.4, 0.5) is 0 Å². The third-order valence-corrected chi connectivity index (χ3v) is 1.41. The maximum absolute atomic E-state index is 8.56. The minimum Gasteiger partial charge on any atom is -0.239 e. The Morgan fingerprint density at radius 3 is 2.67 bits per heavy atom. The van der Waals surface area contributed by atoms with Crippen molar-refractivity contribution in [2.45, 2.75) is 13.8 Å². The summed E-state index contributed by atoms with van der Waals surface area (Å²) >= 11 is 0. The molecule has 0 N–H and O–H groups in total. The van der Waals surface area contributed by atoms with E-state index in [1.165, 1.54) is 0 Å². The summed E-state index contributed by atoms with van der Waals surface area (Å²) in [5.41, 5.74) is 1.85. The van der Waals surface area contributed by atoms with Gasteiger partial charge in [0.15, 0.2) is 0 Å². The first-order chi connectivity index (χ1) is 5.63. The lowest BCUT2D eigenvalue weighted by atomic mass is 10.2. The van der Waals surface area contributed by atoms with E-state index in [1.807, 2.05) is 13.0 Å². The molecule has 0 fully saturated rings. The van der Waals surface area contributed by atoms with Gasteiger partial charge in [-0.15, -0.1) is 0 Å². The van der Waals surface area contributed by atoms with E-state index in [0.717, 1.165) is 5.69 Å². The van der Waals surface area contributed by atoms with Crippen LogP contribution in [0, 0.1) is 25.2 Å². The van der Waals surface area contributed by atoms with Crippen molar-refractivity contribution in [2.75, 3.05) is 0 Å². The molecule has 0 saturated heterocycles. The van der Waals surface area contributed by atoms with Crippen molar-refractivity contribution >= 4 is 5.57 Å².